The molecule has 2 aromatic rings. The molecule has 0 saturated heterocycles. The second-order valence-corrected chi connectivity index (χ2v) is 4.46. The topological polar surface area (TPSA) is 33.1 Å². The summed E-state index contributed by atoms with van der Waals surface area (Å²) in [6.45, 7) is 0. The molecule has 0 aliphatic heterocycles. The van der Waals surface area contributed by atoms with Crippen molar-refractivity contribution >= 4 is 22.9 Å². The molecule has 1 unspecified atom stereocenters. The van der Waals surface area contributed by atoms with Crippen LogP contribution in [0.4, 0.5) is 4.39 Å². The second kappa shape index (κ2) is 4.91. The molecule has 0 saturated carbocycles. The lowest BCUT2D eigenvalue weighted by Crippen LogP contribution is -2.04. The number of rotatable bonds is 3. The lowest BCUT2D eigenvalue weighted by Gasteiger charge is -2.10. The van der Waals surface area contributed by atoms with Crippen molar-refractivity contribution < 1.29 is 9.50 Å². The molecule has 0 amide bonds. The molecule has 16 heavy (non-hydrogen) atoms. The highest BCUT2D eigenvalue weighted by Crippen LogP contribution is 2.25. The summed E-state index contributed by atoms with van der Waals surface area (Å²) in [5, 5.41) is 11.9. The number of aromatic nitrogens is 1. The third-order valence-electron chi connectivity index (χ3n) is 2.25. The van der Waals surface area contributed by atoms with E-state index in [4.69, 9.17) is 11.6 Å². The second-order valence-electron chi connectivity index (χ2n) is 3.33. The fraction of sp³-hybridized carbons (Fsp3) is 0.182. The van der Waals surface area contributed by atoms with E-state index in [-0.39, 0.29) is 6.42 Å². The molecule has 1 N–H and O–H groups in total. The summed E-state index contributed by atoms with van der Waals surface area (Å²) >= 11 is 7.26. The minimum atomic E-state index is -0.819. The van der Waals surface area contributed by atoms with Crippen molar-refractivity contribution in [2.75, 3.05) is 0 Å². The molecule has 1 aromatic heterocycles. The zero-order chi connectivity index (χ0) is 11.5. The lowest BCUT2D eigenvalue weighted by atomic mass is 10.1. The Morgan fingerprint density at radius 1 is 1.50 bits per heavy atom. The van der Waals surface area contributed by atoms with Crippen LogP contribution in [0.25, 0.3) is 0 Å². The van der Waals surface area contributed by atoms with E-state index in [1.54, 1.807) is 17.0 Å². The van der Waals surface area contributed by atoms with Gasteiger partial charge in [-0.3, -0.25) is 0 Å². The highest BCUT2D eigenvalue weighted by Gasteiger charge is 2.15. The van der Waals surface area contributed by atoms with Crippen molar-refractivity contribution in [3.63, 3.8) is 0 Å². The predicted molar refractivity (Wildman–Crippen MR) is 62.2 cm³/mol. The van der Waals surface area contributed by atoms with Gasteiger partial charge in [-0.05, 0) is 12.1 Å². The minimum absolute atomic E-state index is 0.134. The van der Waals surface area contributed by atoms with Gasteiger partial charge < -0.3 is 5.11 Å². The maximum atomic E-state index is 13.4. The van der Waals surface area contributed by atoms with Gasteiger partial charge in [0.15, 0.2) is 0 Å². The van der Waals surface area contributed by atoms with E-state index in [9.17, 15) is 9.50 Å². The molecule has 1 heterocycles. The fourth-order valence-electron chi connectivity index (χ4n) is 1.41. The standard InChI is InChI=1S/C11H9ClFNOS/c12-8-2-1-3-9(13)7(8)4-11(15)10-5-16-6-14-10/h1-3,5-6,11,15H,4H2. The number of aliphatic hydroxyl groups is 1. The molecular formula is C11H9ClFNOS. The van der Waals surface area contributed by atoms with Crippen molar-refractivity contribution in [2.45, 2.75) is 12.5 Å². The van der Waals surface area contributed by atoms with Crippen LogP contribution in [-0.4, -0.2) is 10.1 Å². The Kier molecular flexibility index (Phi) is 3.53. The van der Waals surface area contributed by atoms with Gasteiger partial charge in [0.25, 0.3) is 0 Å². The van der Waals surface area contributed by atoms with Crippen LogP contribution in [0.1, 0.15) is 17.4 Å². The first-order chi connectivity index (χ1) is 7.68. The Bertz CT molecular complexity index is 455. The molecule has 1 atom stereocenters. The Labute approximate surface area is 101 Å². The van der Waals surface area contributed by atoms with Gasteiger partial charge in [-0.1, -0.05) is 17.7 Å². The highest BCUT2D eigenvalue weighted by molar-refractivity contribution is 7.07. The average Bonchev–Trinajstić information content (AvgIpc) is 2.76. The molecule has 0 aliphatic rings. The van der Waals surface area contributed by atoms with E-state index in [1.165, 1.54) is 23.5 Å². The van der Waals surface area contributed by atoms with Gasteiger partial charge in [-0.15, -0.1) is 11.3 Å². The minimum Gasteiger partial charge on any atom is -0.386 e. The summed E-state index contributed by atoms with van der Waals surface area (Å²) in [6.07, 6.45) is -0.685. The Morgan fingerprint density at radius 2 is 2.31 bits per heavy atom. The first-order valence-electron chi connectivity index (χ1n) is 4.67. The Morgan fingerprint density at radius 3 is 2.94 bits per heavy atom. The van der Waals surface area contributed by atoms with Gasteiger partial charge in [0.05, 0.1) is 11.2 Å². The Hall–Kier alpha value is -0.970. The molecule has 84 valence electrons. The number of hydrogen-bond acceptors (Lipinski definition) is 3. The monoisotopic (exact) mass is 257 g/mol. The molecule has 0 fully saturated rings. The summed E-state index contributed by atoms with van der Waals surface area (Å²) < 4.78 is 13.4. The van der Waals surface area contributed by atoms with Gasteiger partial charge in [-0.25, -0.2) is 9.37 Å². The van der Waals surface area contributed by atoms with Crippen LogP contribution in [0.3, 0.4) is 0 Å². The van der Waals surface area contributed by atoms with Crippen molar-refractivity contribution in [1.29, 1.82) is 0 Å². The summed E-state index contributed by atoms with van der Waals surface area (Å²) in [5.74, 6) is -0.401. The largest absolute Gasteiger partial charge is 0.386 e. The maximum Gasteiger partial charge on any atom is 0.127 e. The van der Waals surface area contributed by atoms with Crippen LogP contribution in [0, 0.1) is 5.82 Å². The molecule has 2 nitrogen and oxygen atoms in total. The molecule has 0 aliphatic carbocycles. The number of nitrogens with zero attached hydrogens (tertiary/aromatic N) is 1. The fourth-order valence-corrected chi connectivity index (χ4v) is 2.25. The van der Waals surface area contributed by atoms with Crippen LogP contribution in [0.15, 0.2) is 29.1 Å². The van der Waals surface area contributed by atoms with Gasteiger partial charge in [0, 0.05) is 22.4 Å². The van der Waals surface area contributed by atoms with E-state index in [0.29, 0.717) is 16.3 Å². The van der Waals surface area contributed by atoms with Crippen LogP contribution in [0.5, 0.6) is 0 Å². The number of thiazole rings is 1. The number of benzene rings is 1. The number of halogens is 2. The van der Waals surface area contributed by atoms with Crippen molar-refractivity contribution in [3.8, 4) is 0 Å². The van der Waals surface area contributed by atoms with E-state index in [1.807, 2.05) is 0 Å². The van der Waals surface area contributed by atoms with Gasteiger partial charge >= 0.3 is 0 Å². The van der Waals surface area contributed by atoms with Crippen LogP contribution >= 0.6 is 22.9 Å². The van der Waals surface area contributed by atoms with Gasteiger partial charge in [0.1, 0.15) is 11.9 Å². The molecule has 0 bridgehead atoms. The quantitative estimate of drug-likeness (QED) is 0.916. The zero-order valence-electron chi connectivity index (χ0n) is 8.23. The van der Waals surface area contributed by atoms with Crippen LogP contribution in [0.2, 0.25) is 5.02 Å². The Balaban J connectivity index is 2.21. The molecule has 1 aromatic carbocycles. The lowest BCUT2D eigenvalue weighted by molar-refractivity contribution is 0.173. The van der Waals surface area contributed by atoms with E-state index >= 15 is 0 Å². The molecular weight excluding hydrogens is 249 g/mol. The number of aliphatic hydroxyl groups excluding tert-OH is 1. The molecule has 5 heteroatoms. The summed E-state index contributed by atoms with van der Waals surface area (Å²) in [7, 11) is 0. The summed E-state index contributed by atoms with van der Waals surface area (Å²) in [6, 6.07) is 4.47. The van der Waals surface area contributed by atoms with Crippen molar-refractivity contribution in [2.24, 2.45) is 0 Å². The molecule has 0 radical (unpaired) electrons. The molecule has 2 rings (SSSR count). The van der Waals surface area contributed by atoms with E-state index in [2.05, 4.69) is 4.98 Å². The van der Waals surface area contributed by atoms with Crippen LogP contribution < -0.4 is 0 Å². The first-order valence-corrected chi connectivity index (χ1v) is 5.99. The maximum absolute atomic E-state index is 13.4. The number of hydrogen-bond donors (Lipinski definition) is 1. The van der Waals surface area contributed by atoms with Gasteiger partial charge in [0.2, 0.25) is 0 Å². The smallest absolute Gasteiger partial charge is 0.127 e. The van der Waals surface area contributed by atoms with Crippen molar-refractivity contribution in [1.82, 2.24) is 4.98 Å². The first kappa shape index (κ1) is 11.5. The van der Waals surface area contributed by atoms with E-state index in [0.717, 1.165) is 0 Å². The molecule has 0 spiro atoms. The van der Waals surface area contributed by atoms with Gasteiger partial charge in [-0.2, -0.15) is 0 Å². The van der Waals surface area contributed by atoms with Crippen molar-refractivity contribution in [3.05, 3.63) is 51.2 Å². The SMILES string of the molecule is OC(Cc1c(F)cccc1Cl)c1cscn1. The third kappa shape index (κ3) is 2.40. The zero-order valence-corrected chi connectivity index (χ0v) is 9.80. The normalized spacial score (nSPS) is 12.7. The predicted octanol–water partition coefficient (Wildman–Crippen LogP) is 3.21. The van der Waals surface area contributed by atoms with Crippen LogP contribution in [-0.2, 0) is 6.42 Å². The summed E-state index contributed by atoms with van der Waals surface area (Å²) in [5.41, 5.74) is 2.50. The third-order valence-corrected chi connectivity index (χ3v) is 3.21. The average molecular weight is 258 g/mol. The van der Waals surface area contributed by atoms with E-state index < -0.39 is 11.9 Å². The summed E-state index contributed by atoms with van der Waals surface area (Å²) in [4.78, 5) is 3.97. The highest BCUT2D eigenvalue weighted by atomic mass is 35.5.